The van der Waals surface area contributed by atoms with Crippen molar-refractivity contribution in [2.45, 2.75) is 52.6 Å². The molecule has 2 amide bonds. The number of rotatable bonds is 6. The number of carbonyl (C=O) groups excluding carboxylic acids is 1. The first-order valence-electron chi connectivity index (χ1n) is 7.50. The van der Waals surface area contributed by atoms with Gasteiger partial charge in [-0.2, -0.15) is 0 Å². The van der Waals surface area contributed by atoms with Crippen molar-refractivity contribution in [1.29, 1.82) is 0 Å². The van der Waals surface area contributed by atoms with Gasteiger partial charge in [-0.1, -0.05) is 13.8 Å². The molecule has 6 heteroatoms. The average Bonchev–Trinajstić information content (AvgIpc) is 2.35. The van der Waals surface area contributed by atoms with Gasteiger partial charge in [0.05, 0.1) is 18.8 Å². The Hall–Kier alpha value is -1.30. The fourth-order valence-electron chi connectivity index (χ4n) is 2.38. The van der Waals surface area contributed by atoms with E-state index < -0.39 is 5.97 Å². The normalized spacial score (nSPS) is 18.4. The summed E-state index contributed by atoms with van der Waals surface area (Å²) in [6.45, 7) is 10.3. The summed E-state index contributed by atoms with van der Waals surface area (Å²) in [7, 11) is 0. The second-order valence-electron chi connectivity index (χ2n) is 7.07. The highest BCUT2D eigenvalue weighted by Gasteiger charge is 2.30. The van der Waals surface area contributed by atoms with Gasteiger partial charge in [-0.3, -0.25) is 4.79 Å². The number of carboxylic acid groups (broad SMARTS) is 1. The molecule has 1 rings (SSSR count). The monoisotopic (exact) mass is 300 g/mol. The summed E-state index contributed by atoms with van der Waals surface area (Å²) in [5.74, 6) is -0.775. The number of nitrogens with one attached hydrogen (secondary N) is 1. The van der Waals surface area contributed by atoms with Crippen LogP contribution >= 0.6 is 0 Å². The molecule has 0 aromatic heterocycles. The molecule has 0 aromatic rings. The second kappa shape index (κ2) is 7.11. The summed E-state index contributed by atoms with van der Waals surface area (Å²) in [5, 5.41) is 11.6. The summed E-state index contributed by atoms with van der Waals surface area (Å²) in [5.41, 5.74) is -0.383. The predicted molar refractivity (Wildman–Crippen MR) is 80.3 cm³/mol. The maximum Gasteiger partial charge on any atom is 0.317 e. The minimum Gasteiger partial charge on any atom is -0.481 e. The van der Waals surface area contributed by atoms with E-state index >= 15 is 0 Å². The third kappa shape index (κ3) is 6.80. The molecule has 0 aliphatic carbocycles. The zero-order valence-corrected chi connectivity index (χ0v) is 13.6. The van der Waals surface area contributed by atoms with Crippen LogP contribution in [-0.4, -0.2) is 53.8 Å². The zero-order valence-electron chi connectivity index (χ0n) is 13.6. The Kier molecular flexibility index (Phi) is 6.01. The Balaban J connectivity index is 2.31. The van der Waals surface area contributed by atoms with E-state index in [4.69, 9.17) is 9.84 Å². The lowest BCUT2D eigenvalue weighted by atomic mass is 9.84. The summed E-state index contributed by atoms with van der Waals surface area (Å²) in [4.78, 5) is 24.5. The van der Waals surface area contributed by atoms with Gasteiger partial charge in [-0.15, -0.1) is 0 Å². The Morgan fingerprint density at radius 2 is 2.00 bits per heavy atom. The molecular weight excluding hydrogens is 272 g/mol. The molecule has 21 heavy (non-hydrogen) atoms. The second-order valence-corrected chi connectivity index (χ2v) is 7.07. The summed E-state index contributed by atoms with van der Waals surface area (Å²) < 4.78 is 5.58. The van der Waals surface area contributed by atoms with E-state index in [2.05, 4.69) is 5.32 Å². The topological polar surface area (TPSA) is 78.9 Å². The van der Waals surface area contributed by atoms with Crippen LogP contribution in [0.1, 0.15) is 47.0 Å². The number of nitrogens with zero attached hydrogens (tertiary/aromatic N) is 1. The molecule has 1 aliphatic rings. The minimum atomic E-state index is -0.775. The number of carboxylic acids is 1. The Morgan fingerprint density at radius 1 is 1.33 bits per heavy atom. The Morgan fingerprint density at radius 3 is 2.57 bits per heavy atom. The number of carbonyl (C=O) groups is 2. The molecule has 0 spiro atoms. The Bertz CT molecular complexity index is 380. The van der Waals surface area contributed by atoms with Crippen LogP contribution in [0, 0.1) is 5.41 Å². The van der Waals surface area contributed by atoms with Gasteiger partial charge in [-0.05, 0) is 32.1 Å². The smallest absolute Gasteiger partial charge is 0.317 e. The van der Waals surface area contributed by atoms with Crippen molar-refractivity contribution in [3.63, 3.8) is 0 Å². The molecule has 2 N–H and O–H groups in total. The van der Waals surface area contributed by atoms with Gasteiger partial charge < -0.3 is 20.1 Å². The first kappa shape index (κ1) is 17.8. The third-order valence-corrected chi connectivity index (χ3v) is 3.81. The standard InChI is InChI=1S/C15H28N2O4/c1-14(2,6-5-12(18)19)7-8-16-13(20)17-9-10-21-15(3,4)11-17/h5-11H2,1-4H3,(H,16,20)(H,18,19). The minimum absolute atomic E-state index is 0.0691. The quantitative estimate of drug-likeness (QED) is 0.787. The molecule has 1 aliphatic heterocycles. The van der Waals surface area contributed by atoms with Gasteiger partial charge in [0.2, 0.25) is 0 Å². The molecule has 122 valence electrons. The molecule has 1 saturated heterocycles. The van der Waals surface area contributed by atoms with E-state index in [-0.39, 0.29) is 23.5 Å². The zero-order chi connectivity index (χ0) is 16.1. The number of amides is 2. The highest BCUT2D eigenvalue weighted by Crippen LogP contribution is 2.26. The van der Waals surface area contributed by atoms with Crippen LogP contribution in [0.5, 0.6) is 0 Å². The Labute approximate surface area is 126 Å². The number of ether oxygens (including phenoxy) is 1. The van der Waals surface area contributed by atoms with Crippen LogP contribution in [0.3, 0.4) is 0 Å². The lowest BCUT2D eigenvalue weighted by Crippen LogP contribution is -2.53. The highest BCUT2D eigenvalue weighted by atomic mass is 16.5. The number of hydrogen-bond donors (Lipinski definition) is 2. The van der Waals surface area contributed by atoms with Crippen molar-refractivity contribution in [2.75, 3.05) is 26.2 Å². The number of morpholine rings is 1. The van der Waals surface area contributed by atoms with Crippen LogP contribution < -0.4 is 5.32 Å². The lowest BCUT2D eigenvalue weighted by molar-refractivity contribution is -0.137. The first-order valence-corrected chi connectivity index (χ1v) is 7.50. The molecule has 0 atom stereocenters. The van der Waals surface area contributed by atoms with E-state index in [1.165, 1.54) is 0 Å². The van der Waals surface area contributed by atoms with E-state index in [0.29, 0.717) is 32.7 Å². The van der Waals surface area contributed by atoms with Crippen molar-refractivity contribution in [3.05, 3.63) is 0 Å². The number of hydrogen-bond acceptors (Lipinski definition) is 3. The number of urea groups is 1. The fourth-order valence-corrected chi connectivity index (χ4v) is 2.38. The lowest BCUT2D eigenvalue weighted by Gasteiger charge is -2.38. The highest BCUT2D eigenvalue weighted by molar-refractivity contribution is 5.74. The number of aliphatic carboxylic acids is 1. The fraction of sp³-hybridized carbons (Fsp3) is 0.867. The SMILES string of the molecule is CC(C)(CCNC(=O)N1CCOC(C)(C)C1)CCC(=O)O. The largest absolute Gasteiger partial charge is 0.481 e. The van der Waals surface area contributed by atoms with Crippen LogP contribution in [0.2, 0.25) is 0 Å². The summed E-state index contributed by atoms with van der Waals surface area (Å²) in [6, 6.07) is -0.0691. The molecule has 6 nitrogen and oxygen atoms in total. The van der Waals surface area contributed by atoms with Crippen molar-refractivity contribution in [1.82, 2.24) is 10.2 Å². The van der Waals surface area contributed by atoms with Crippen LogP contribution in [-0.2, 0) is 9.53 Å². The van der Waals surface area contributed by atoms with Crippen LogP contribution in [0.25, 0.3) is 0 Å². The van der Waals surface area contributed by atoms with Crippen molar-refractivity contribution < 1.29 is 19.4 Å². The third-order valence-electron chi connectivity index (χ3n) is 3.81. The van der Waals surface area contributed by atoms with Gasteiger partial charge in [0.1, 0.15) is 0 Å². The van der Waals surface area contributed by atoms with Gasteiger partial charge >= 0.3 is 12.0 Å². The van der Waals surface area contributed by atoms with E-state index in [0.717, 1.165) is 6.42 Å². The van der Waals surface area contributed by atoms with Crippen LogP contribution in [0.4, 0.5) is 4.79 Å². The van der Waals surface area contributed by atoms with Crippen molar-refractivity contribution in [2.24, 2.45) is 5.41 Å². The summed E-state index contributed by atoms with van der Waals surface area (Å²) >= 11 is 0. The van der Waals surface area contributed by atoms with Gasteiger partial charge in [0, 0.05) is 19.5 Å². The molecule has 1 fully saturated rings. The summed E-state index contributed by atoms with van der Waals surface area (Å²) in [6.07, 6.45) is 1.54. The molecule has 0 aromatic carbocycles. The predicted octanol–water partition coefficient (Wildman–Crippen LogP) is 2.09. The van der Waals surface area contributed by atoms with E-state index in [1.807, 2.05) is 27.7 Å². The molecule has 1 heterocycles. The molecule has 0 unspecified atom stereocenters. The molecule has 0 radical (unpaired) electrons. The van der Waals surface area contributed by atoms with E-state index in [1.54, 1.807) is 4.90 Å². The molecule has 0 saturated carbocycles. The maximum atomic E-state index is 12.1. The van der Waals surface area contributed by atoms with Gasteiger partial charge in [-0.25, -0.2) is 4.79 Å². The van der Waals surface area contributed by atoms with Crippen molar-refractivity contribution >= 4 is 12.0 Å². The molecular formula is C15H28N2O4. The van der Waals surface area contributed by atoms with E-state index in [9.17, 15) is 9.59 Å². The maximum absolute atomic E-state index is 12.1. The van der Waals surface area contributed by atoms with Gasteiger partial charge in [0.25, 0.3) is 0 Å². The average molecular weight is 300 g/mol. The molecule has 0 bridgehead atoms. The van der Waals surface area contributed by atoms with Crippen LogP contribution in [0.15, 0.2) is 0 Å². The van der Waals surface area contributed by atoms with Gasteiger partial charge in [0.15, 0.2) is 0 Å². The van der Waals surface area contributed by atoms with Crippen molar-refractivity contribution in [3.8, 4) is 0 Å². The first-order chi connectivity index (χ1) is 9.61.